The molecule has 1 aromatic carbocycles. The number of rotatable bonds is 3. The molecule has 0 saturated heterocycles. The molecule has 1 aliphatic carbocycles. The van der Waals surface area contributed by atoms with E-state index in [2.05, 4.69) is 33.0 Å². The Bertz CT molecular complexity index is 498. The van der Waals surface area contributed by atoms with Crippen LogP contribution < -0.4 is 5.32 Å². The van der Waals surface area contributed by atoms with Crippen LogP contribution in [0.25, 0.3) is 0 Å². The fourth-order valence-electron chi connectivity index (χ4n) is 2.84. The van der Waals surface area contributed by atoms with Gasteiger partial charge in [0.05, 0.1) is 5.69 Å². The zero-order valence-corrected chi connectivity index (χ0v) is 11.3. The molecule has 0 aliphatic heterocycles. The molecular formula is C15H19FN2. The smallest absolute Gasteiger partial charge is 0.143 e. The lowest BCUT2D eigenvalue weighted by Crippen LogP contribution is -2.09. The van der Waals surface area contributed by atoms with Crippen molar-refractivity contribution in [3.63, 3.8) is 0 Å². The monoisotopic (exact) mass is 246 g/mol. The number of nitrogens with one attached hydrogen (secondary N) is 1. The SMILES string of the molecule is CC1(C)C(CNc2cccc(F)c2C#N)C1(C)C. The van der Waals surface area contributed by atoms with E-state index in [1.165, 1.54) is 6.07 Å². The molecule has 1 aliphatic rings. The van der Waals surface area contributed by atoms with Crippen molar-refractivity contribution < 1.29 is 4.39 Å². The van der Waals surface area contributed by atoms with Gasteiger partial charge >= 0.3 is 0 Å². The van der Waals surface area contributed by atoms with Crippen LogP contribution in [0.1, 0.15) is 33.3 Å². The van der Waals surface area contributed by atoms with E-state index < -0.39 is 5.82 Å². The lowest BCUT2D eigenvalue weighted by atomic mass is 10.0. The van der Waals surface area contributed by atoms with Crippen LogP contribution in [0.2, 0.25) is 0 Å². The predicted octanol–water partition coefficient (Wildman–Crippen LogP) is 3.79. The van der Waals surface area contributed by atoms with Crippen LogP contribution in [0.5, 0.6) is 0 Å². The first-order valence-electron chi connectivity index (χ1n) is 6.25. The van der Waals surface area contributed by atoms with Crippen molar-refractivity contribution in [2.45, 2.75) is 27.7 Å². The van der Waals surface area contributed by atoms with E-state index in [0.717, 1.165) is 6.54 Å². The van der Waals surface area contributed by atoms with Crippen molar-refractivity contribution in [3.8, 4) is 6.07 Å². The van der Waals surface area contributed by atoms with Crippen molar-refractivity contribution in [1.82, 2.24) is 0 Å². The minimum atomic E-state index is -0.461. The van der Waals surface area contributed by atoms with Crippen LogP contribution in [-0.4, -0.2) is 6.54 Å². The molecule has 0 aromatic heterocycles. The van der Waals surface area contributed by atoms with Crippen LogP contribution in [-0.2, 0) is 0 Å². The van der Waals surface area contributed by atoms with E-state index >= 15 is 0 Å². The first kappa shape index (κ1) is 12.9. The van der Waals surface area contributed by atoms with Gasteiger partial charge in [-0.3, -0.25) is 0 Å². The van der Waals surface area contributed by atoms with Crippen LogP contribution >= 0.6 is 0 Å². The summed E-state index contributed by atoms with van der Waals surface area (Å²) in [6.07, 6.45) is 0. The second-order valence-corrected chi connectivity index (χ2v) is 6.15. The average molecular weight is 246 g/mol. The second-order valence-electron chi connectivity index (χ2n) is 6.15. The fraction of sp³-hybridized carbons (Fsp3) is 0.533. The maximum atomic E-state index is 13.4. The van der Waals surface area contributed by atoms with Crippen LogP contribution in [0, 0.1) is 33.9 Å². The van der Waals surface area contributed by atoms with Gasteiger partial charge in [0.2, 0.25) is 0 Å². The lowest BCUT2D eigenvalue weighted by Gasteiger charge is -2.09. The maximum Gasteiger partial charge on any atom is 0.143 e. The van der Waals surface area contributed by atoms with E-state index in [1.807, 2.05) is 6.07 Å². The van der Waals surface area contributed by atoms with Gasteiger partial charge in [-0.2, -0.15) is 5.26 Å². The highest BCUT2D eigenvalue weighted by Gasteiger charge is 2.64. The molecule has 1 aromatic rings. The summed E-state index contributed by atoms with van der Waals surface area (Å²) in [5.74, 6) is 0.0802. The van der Waals surface area contributed by atoms with Gasteiger partial charge in [-0.1, -0.05) is 33.8 Å². The lowest BCUT2D eigenvalue weighted by molar-refractivity contribution is 0.457. The number of hydrogen-bond donors (Lipinski definition) is 1. The molecule has 0 unspecified atom stereocenters. The Kier molecular flexibility index (Phi) is 2.85. The Balaban J connectivity index is 2.10. The minimum Gasteiger partial charge on any atom is -0.384 e. The number of nitrogens with zero attached hydrogens (tertiary/aromatic N) is 1. The number of benzene rings is 1. The first-order valence-corrected chi connectivity index (χ1v) is 6.25. The molecule has 1 N–H and O–H groups in total. The summed E-state index contributed by atoms with van der Waals surface area (Å²) >= 11 is 0. The number of anilines is 1. The van der Waals surface area contributed by atoms with Gasteiger partial charge in [-0.25, -0.2) is 4.39 Å². The Morgan fingerprint density at radius 2 is 1.89 bits per heavy atom. The van der Waals surface area contributed by atoms with E-state index in [1.54, 1.807) is 12.1 Å². The van der Waals surface area contributed by atoms with Crippen LogP contribution in [0.15, 0.2) is 18.2 Å². The molecule has 0 radical (unpaired) electrons. The maximum absolute atomic E-state index is 13.4. The molecule has 3 heteroatoms. The van der Waals surface area contributed by atoms with Gasteiger partial charge in [-0.05, 0) is 28.9 Å². The van der Waals surface area contributed by atoms with Gasteiger partial charge < -0.3 is 5.32 Å². The topological polar surface area (TPSA) is 35.8 Å². The Morgan fingerprint density at radius 1 is 1.28 bits per heavy atom. The van der Waals surface area contributed by atoms with Crippen molar-refractivity contribution in [1.29, 1.82) is 5.26 Å². The quantitative estimate of drug-likeness (QED) is 0.880. The molecule has 2 rings (SSSR count). The molecule has 0 atom stereocenters. The molecular weight excluding hydrogens is 227 g/mol. The van der Waals surface area contributed by atoms with Crippen molar-refractivity contribution in [2.24, 2.45) is 16.7 Å². The van der Waals surface area contributed by atoms with Gasteiger partial charge in [0, 0.05) is 6.54 Å². The predicted molar refractivity (Wildman–Crippen MR) is 70.7 cm³/mol. The molecule has 2 nitrogen and oxygen atoms in total. The normalized spacial score (nSPS) is 20.2. The van der Waals surface area contributed by atoms with Gasteiger partial charge in [0.1, 0.15) is 17.4 Å². The van der Waals surface area contributed by atoms with Crippen LogP contribution in [0.3, 0.4) is 0 Å². The molecule has 0 bridgehead atoms. The zero-order valence-electron chi connectivity index (χ0n) is 11.3. The summed E-state index contributed by atoms with van der Waals surface area (Å²) < 4.78 is 13.4. The third-order valence-electron chi connectivity index (χ3n) is 4.94. The highest BCUT2D eigenvalue weighted by molar-refractivity contribution is 5.58. The van der Waals surface area contributed by atoms with E-state index in [9.17, 15) is 4.39 Å². The second kappa shape index (κ2) is 3.98. The molecule has 0 amide bonds. The third kappa shape index (κ3) is 1.77. The van der Waals surface area contributed by atoms with E-state index in [4.69, 9.17) is 5.26 Å². The molecule has 18 heavy (non-hydrogen) atoms. The Morgan fingerprint density at radius 3 is 2.39 bits per heavy atom. The molecule has 96 valence electrons. The summed E-state index contributed by atoms with van der Waals surface area (Å²) in [6, 6.07) is 6.61. The number of halogens is 1. The molecule has 0 spiro atoms. The first-order chi connectivity index (χ1) is 8.32. The number of hydrogen-bond acceptors (Lipinski definition) is 2. The minimum absolute atomic E-state index is 0.105. The van der Waals surface area contributed by atoms with Gasteiger partial charge in [-0.15, -0.1) is 0 Å². The summed E-state index contributed by atoms with van der Waals surface area (Å²) in [6.45, 7) is 9.76. The van der Waals surface area contributed by atoms with Crippen molar-refractivity contribution in [3.05, 3.63) is 29.6 Å². The summed E-state index contributed by atoms with van der Waals surface area (Å²) in [4.78, 5) is 0. The van der Waals surface area contributed by atoms with Crippen molar-refractivity contribution in [2.75, 3.05) is 11.9 Å². The number of nitriles is 1. The van der Waals surface area contributed by atoms with Crippen molar-refractivity contribution >= 4 is 5.69 Å². The largest absolute Gasteiger partial charge is 0.384 e. The molecule has 0 heterocycles. The molecule has 1 fully saturated rings. The Labute approximate surface area is 108 Å². The summed E-state index contributed by atoms with van der Waals surface area (Å²) in [7, 11) is 0. The van der Waals surface area contributed by atoms with E-state index in [-0.39, 0.29) is 5.56 Å². The highest BCUT2D eigenvalue weighted by Crippen LogP contribution is 2.68. The van der Waals surface area contributed by atoms with E-state index in [0.29, 0.717) is 22.4 Å². The summed E-state index contributed by atoms with van der Waals surface area (Å²) in [5.41, 5.74) is 1.28. The Hall–Kier alpha value is -1.56. The van der Waals surface area contributed by atoms with Crippen LogP contribution in [0.4, 0.5) is 10.1 Å². The zero-order chi connectivity index (χ0) is 13.6. The third-order valence-corrected chi connectivity index (χ3v) is 4.94. The highest BCUT2D eigenvalue weighted by atomic mass is 19.1. The summed E-state index contributed by atoms with van der Waals surface area (Å²) in [5, 5.41) is 12.2. The molecule has 1 saturated carbocycles. The standard InChI is InChI=1S/C15H19FN2/c1-14(2)13(15(14,3)4)9-18-12-7-5-6-11(16)10(12)8-17/h5-7,13,18H,9H2,1-4H3. The fourth-order valence-corrected chi connectivity index (χ4v) is 2.84. The van der Waals surface area contributed by atoms with Gasteiger partial charge in [0.15, 0.2) is 0 Å². The average Bonchev–Trinajstić information content (AvgIpc) is 2.67. The van der Waals surface area contributed by atoms with Gasteiger partial charge in [0.25, 0.3) is 0 Å².